The zero-order valence-corrected chi connectivity index (χ0v) is 10.4. The minimum absolute atomic E-state index is 0.303. The highest BCUT2D eigenvalue weighted by Gasteiger charge is 2.14. The number of aromatic nitrogens is 3. The molecule has 2 heterocycles. The van der Waals surface area contributed by atoms with Crippen molar-refractivity contribution in [2.24, 2.45) is 0 Å². The third kappa shape index (κ3) is 1.67. The van der Waals surface area contributed by atoms with Crippen molar-refractivity contribution >= 4 is 22.6 Å². The fourth-order valence-corrected chi connectivity index (χ4v) is 2.07. The van der Waals surface area contributed by atoms with Crippen LogP contribution in [0.2, 0.25) is 5.02 Å². The van der Waals surface area contributed by atoms with Gasteiger partial charge in [0.25, 0.3) is 5.56 Å². The standard InChI is InChI=1S/C11H12ClN3O2/c1-3-14-9-8(7(12)5-6-13-9)10(16)15(4-2)11(14)17/h5-6H,3-4H2,1-2H3. The lowest BCUT2D eigenvalue weighted by Crippen LogP contribution is -2.39. The maximum Gasteiger partial charge on any atom is 0.332 e. The molecule has 17 heavy (non-hydrogen) atoms. The molecule has 0 atom stereocenters. The van der Waals surface area contributed by atoms with Gasteiger partial charge in [-0.1, -0.05) is 11.6 Å². The maximum absolute atomic E-state index is 12.1. The molecule has 0 fully saturated rings. The molecule has 0 aliphatic heterocycles. The Balaban J connectivity index is 3.13. The third-order valence-corrected chi connectivity index (χ3v) is 3.00. The highest BCUT2D eigenvalue weighted by molar-refractivity contribution is 6.35. The molecule has 0 amide bonds. The van der Waals surface area contributed by atoms with E-state index < -0.39 is 0 Å². The van der Waals surface area contributed by atoms with Crippen LogP contribution in [0, 0.1) is 0 Å². The summed E-state index contributed by atoms with van der Waals surface area (Å²) in [5.41, 5.74) is -0.378. The molecule has 6 heteroatoms. The molecule has 0 aliphatic carbocycles. The minimum atomic E-state index is -0.379. The summed E-state index contributed by atoms with van der Waals surface area (Å²) in [5, 5.41) is 0.627. The van der Waals surface area contributed by atoms with E-state index in [1.165, 1.54) is 15.3 Å². The van der Waals surface area contributed by atoms with E-state index in [9.17, 15) is 9.59 Å². The second kappa shape index (κ2) is 4.33. The summed E-state index contributed by atoms with van der Waals surface area (Å²) in [6.07, 6.45) is 1.49. The van der Waals surface area contributed by atoms with Gasteiger partial charge in [0.05, 0.1) is 5.02 Å². The Hall–Kier alpha value is -1.62. The quantitative estimate of drug-likeness (QED) is 0.809. The summed E-state index contributed by atoms with van der Waals surface area (Å²) in [4.78, 5) is 28.2. The van der Waals surface area contributed by atoms with Crippen molar-refractivity contribution in [3.8, 4) is 0 Å². The number of rotatable bonds is 2. The van der Waals surface area contributed by atoms with Gasteiger partial charge < -0.3 is 0 Å². The SMILES string of the molecule is CCn1c(=O)c2c(Cl)ccnc2n(CC)c1=O. The van der Waals surface area contributed by atoms with Crippen LogP contribution in [0.25, 0.3) is 11.0 Å². The predicted octanol–water partition coefficient (Wildman–Crippen LogP) is 1.25. The van der Waals surface area contributed by atoms with Gasteiger partial charge in [-0.2, -0.15) is 0 Å². The van der Waals surface area contributed by atoms with Crippen molar-refractivity contribution in [2.75, 3.05) is 0 Å². The average molecular weight is 254 g/mol. The smallest absolute Gasteiger partial charge is 0.278 e. The zero-order valence-electron chi connectivity index (χ0n) is 9.61. The van der Waals surface area contributed by atoms with Crippen LogP contribution in [-0.4, -0.2) is 14.1 Å². The molecule has 0 saturated heterocycles. The second-order valence-electron chi connectivity index (χ2n) is 3.57. The van der Waals surface area contributed by atoms with Crippen LogP contribution in [0.3, 0.4) is 0 Å². The van der Waals surface area contributed by atoms with E-state index in [2.05, 4.69) is 4.98 Å². The molecule has 5 nitrogen and oxygen atoms in total. The molecule has 0 bridgehead atoms. The largest absolute Gasteiger partial charge is 0.332 e. The fraction of sp³-hybridized carbons (Fsp3) is 0.364. The molecule has 0 saturated carbocycles. The molecule has 90 valence electrons. The summed E-state index contributed by atoms with van der Waals surface area (Å²) < 4.78 is 2.62. The number of fused-ring (bicyclic) bond motifs is 1. The highest BCUT2D eigenvalue weighted by Crippen LogP contribution is 2.16. The summed E-state index contributed by atoms with van der Waals surface area (Å²) in [6, 6.07) is 1.55. The van der Waals surface area contributed by atoms with E-state index >= 15 is 0 Å². The van der Waals surface area contributed by atoms with Gasteiger partial charge in [0.15, 0.2) is 5.65 Å². The Labute approximate surface area is 102 Å². The van der Waals surface area contributed by atoms with Crippen molar-refractivity contribution < 1.29 is 0 Å². The summed E-state index contributed by atoms with van der Waals surface area (Å²) >= 11 is 6.00. The number of pyridine rings is 1. The summed E-state index contributed by atoms with van der Waals surface area (Å²) in [5.74, 6) is 0. The van der Waals surface area contributed by atoms with E-state index in [1.807, 2.05) is 6.92 Å². The molecule has 0 aliphatic rings. The molecule has 2 aromatic heterocycles. The first-order valence-electron chi connectivity index (χ1n) is 5.39. The highest BCUT2D eigenvalue weighted by atomic mass is 35.5. The lowest BCUT2D eigenvalue weighted by Gasteiger charge is -2.10. The first kappa shape index (κ1) is 11.9. The van der Waals surface area contributed by atoms with Gasteiger partial charge in [-0.15, -0.1) is 0 Å². The lowest BCUT2D eigenvalue weighted by molar-refractivity contribution is 0.605. The number of nitrogens with zero attached hydrogens (tertiary/aromatic N) is 3. The van der Waals surface area contributed by atoms with Gasteiger partial charge in [-0.3, -0.25) is 13.9 Å². The number of hydrogen-bond acceptors (Lipinski definition) is 3. The Morgan fingerprint density at radius 1 is 1.24 bits per heavy atom. The van der Waals surface area contributed by atoms with Crippen molar-refractivity contribution in [3.63, 3.8) is 0 Å². The van der Waals surface area contributed by atoms with Gasteiger partial charge in [0.1, 0.15) is 5.39 Å². The summed E-state index contributed by atoms with van der Waals surface area (Å²) in [6.45, 7) is 4.34. The first-order chi connectivity index (χ1) is 8.11. The van der Waals surface area contributed by atoms with Gasteiger partial charge in [-0.25, -0.2) is 9.78 Å². The third-order valence-electron chi connectivity index (χ3n) is 2.69. The van der Waals surface area contributed by atoms with Crippen LogP contribution in [-0.2, 0) is 13.1 Å². The van der Waals surface area contributed by atoms with Gasteiger partial charge in [-0.05, 0) is 19.9 Å². The Morgan fingerprint density at radius 2 is 1.88 bits per heavy atom. The van der Waals surface area contributed by atoms with E-state index in [0.29, 0.717) is 29.1 Å². The van der Waals surface area contributed by atoms with E-state index in [1.54, 1.807) is 13.0 Å². The van der Waals surface area contributed by atoms with E-state index in [0.717, 1.165) is 0 Å². The lowest BCUT2D eigenvalue weighted by atomic mass is 10.3. The zero-order chi connectivity index (χ0) is 12.6. The summed E-state index contributed by atoms with van der Waals surface area (Å²) in [7, 11) is 0. The van der Waals surface area contributed by atoms with Crippen LogP contribution < -0.4 is 11.2 Å². The molecule has 2 rings (SSSR count). The van der Waals surface area contributed by atoms with Crippen LogP contribution >= 0.6 is 11.6 Å². The Morgan fingerprint density at radius 3 is 2.47 bits per heavy atom. The van der Waals surface area contributed by atoms with Crippen LogP contribution in [0.1, 0.15) is 13.8 Å². The molecule has 0 N–H and O–H groups in total. The maximum atomic E-state index is 12.1. The molecule has 0 aromatic carbocycles. The minimum Gasteiger partial charge on any atom is -0.278 e. The average Bonchev–Trinajstić information content (AvgIpc) is 2.30. The molecule has 0 spiro atoms. The normalized spacial score (nSPS) is 11.0. The van der Waals surface area contributed by atoms with Crippen LogP contribution in [0.15, 0.2) is 21.9 Å². The molecular weight excluding hydrogens is 242 g/mol. The predicted molar refractivity (Wildman–Crippen MR) is 66.6 cm³/mol. The molecule has 0 radical (unpaired) electrons. The van der Waals surface area contributed by atoms with E-state index in [4.69, 9.17) is 11.6 Å². The van der Waals surface area contributed by atoms with Crippen molar-refractivity contribution in [2.45, 2.75) is 26.9 Å². The van der Waals surface area contributed by atoms with Crippen LogP contribution in [0.5, 0.6) is 0 Å². The second-order valence-corrected chi connectivity index (χ2v) is 3.97. The Kier molecular flexibility index (Phi) is 3.02. The van der Waals surface area contributed by atoms with Crippen molar-refractivity contribution in [1.29, 1.82) is 0 Å². The monoisotopic (exact) mass is 253 g/mol. The fourth-order valence-electron chi connectivity index (χ4n) is 1.85. The molecular formula is C11H12ClN3O2. The molecule has 0 unspecified atom stereocenters. The van der Waals surface area contributed by atoms with Crippen molar-refractivity contribution in [1.82, 2.24) is 14.1 Å². The van der Waals surface area contributed by atoms with Gasteiger partial charge >= 0.3 is 5.69 Å². The Bertz CT molecular complexity index is 687. The first-order valence-corrected chi connectivity index (χ1v) is 5.77. The van der Waals surface area contributed by atoms with Crippen molar-refractivity contribution in [3.05, 3.63) is 38.1 Å². The number of hydrogen-bond donors (Lipinski definition) is 0. The van der Waals surface area contributed by atoms with Gasteiger partial charge in [0, 0.05) is 19.3 Å². The van der Waals surface area contributed by atoms with Crippen LogP contribution in [0.4, 0.5) is 0 Å². The topological polar surface area (TPSA) is 56.9 Å². The van der Waals surface area contributed by atoms with E-state index in [-0.39, 0.29) is 11.2 Å². The molecule has 2 aromatic rings. The van der Waals surface area contributed by atoms with Gasteiger partial charge in [0.2, 0.25) is 0 Å². The number of halogens is 1. The number of aryl methyl sites for hydroxylation is 1.